The van der Waals surface area contributed by atoms with Crippen LogP contribution in [0.25, 0.3) is 83.3 Å². The number of fused-ring (bicyclic) bond motifs is 6. The second kappa shape index (κ2) is 9.29. The van der Waals surface area contributed by atoms with Crippen molar-refractivity contribution in [3.05, 3.63) is 140 Å². The fourth-order valence-electron chi connectivity index (χ4n) is 6.36. The highest BCUT2D eigenvalue weighted by atomic mass is 16.3. The topological polar surface area (TPSA) is 59.6 Å². The van der Waals surface area contributed by atoms with Crippen LogP contribution >= 0.6 is 0 Å². The number of hydrogen-bond donors (Lipinski definition) is 1. The van der Waals surface area contributed by atoms with Crippen molar-refractivity contribution in [3.8, 4) is 39.6 Å². The first-order valence-corrected chi connectivity index (χ1v) is 14.3. The van der Waals surface area contributed by atoms with Crippen molar-refractivity contribution in [1.82, 2.24) is 19.7 Å². The third-order valence-corrected chi connectivity index (χ3v) is 8.31. The maximum absolute atomic E-state index is 6.61. The minimum atomic E-state index is 0.649. The molecular formula is C38H24N4O. The molecule has 1 N–H and O–H groups in total. The first-order valence-electron chi connectivity index (χ1n) is 14.3. The largest absolute Gasteiger partial charge is 0.455 e. The van der Waals surface area contributed by atoms with Crippen molar-refractivity contribution in [3.63, 3.8) is 0 Å². The average molecular weight is 553 g/mol. The van der Waals surface area contributed by atoms with E-state index in [1.807, 2.05) is 42.5 Å². The van der Waals surface area contributed by atoms with Gasteiger partial charge in [0, 0.05) is 38.9 Å². The number of aromatic nitrogens is 4. The van der Waals surface area contributed by atoms with Crippen LogP contribution in [0.5, 0.6) is 0 Å². The average Bonchev–Trinajstić information content (AvgIpc) is 3.79. The molecule has 5 heteroatoms. The number of benzene rings is 6. The summed E-state index contributed by atoms with van der Waals surface area (Å²) in [4.78, 5) is 4.95. The highest BCUT2D eigenvalue weighted by Gasteiger charge is 2.18. The number of nitrogens with zero attached hydrogens (tertiary/aromatic N) is 3. The van der Waals surface area contributed by atoms with Crippen LogP contribution in [0.4, 0.5) is 0 Å². The standard InChI is InChI=1S/C38H24N4O/c1-2-11-24(12-3-1)26-13-4-5-16-31(26)37-39-38(41-40-37)32-18-10-17-30-29-22-21-25(23-35(29)43-36(30)32)42-33-19-8-6-14-27(33)28-15-7-9-20-34(28)42/h1-23H,(H,39,40,41). The van der Waals surface area contributed by atoms with E-state index in [0.29, 0.717) is 11.6 Å². The van der Waals surface area contributed by atoms with Gasteiger partial charge in [0.2, 0.25) is 0 Å². The van der Waals surface area contributed by atoms with E-state index in [-0.39, 0.29) is 0 Å². The van der Waals surface area contributed by atoms with Gasteiger partial charge in [0.1, 0.15) is 11.2 Å². The molecule has 3 aromatic heterocycles. The SMILES string of the molecule is c1ccc(-c2ccccc2-c2n[nH]c(-c3cccc4c3oc3cc(-n5c6ccccc6c6ccccc65)ccc34)n2)cc1. The normalized spacial score (nSPS) is 11.7. The summed E-state index contributed by atoms with van der Waals surface area (Å²) in [5, 5.41) is 12.4. The Bertz CT molecular complexity index is 2410. The zero-order valence-electron chi connectivity index (χ0n) is 23.0. The Kier molecular flexibility index (Phi) is 5.13. The molecule has 0 unspecified atom stereocenters. The van der Waals surface area contributed by atoms with Crippen LogP contribution in [0.2, 0.25) is 0 Å². The predicted molar refractivity (Wildman–Crippen MR) is 174 cm³/mol. The molecule has 9 aromatic rings. The summed E-state index contributed by atoms with van der Waals surface area (Å²) in [5.41, 5.74) is 9.09. The van der Waals surface area contributed by atoms with Gasteiger partial charge in [-0.1, -0.05) is 103 Å². The van der Waals surface area contributed by atoms with Gasteiger partial charge in [-0.15, -0.1) is 0 Å². The van der Waals surface area contributed by atoms with Gasteiger partial charge < -0.3 is 8.98 Å². The monoisotopic (exact) mass is 552 g/mol. The molecule has 0 radical (unpaired) electrons. The van der Waals surface area contributed by atoms with Crippen molar-refractivity contribution >= 4 is 43.7 Å². The number of rotatable bonds is 4. The molecule has 0 aliphatic carbocycles. The smallest absolute Gasteiger partial charge is 0.182 e. The Balaban J connectivity index is 1.18. The molecule has 202 valence electrons. The number of hydrogen-bond acceptors (Lipinski definition) is 3. The van der Waals surface area contributed by atoms with Crippen molar-refractivity contribution in [1.29, 1.82) is 0 Å². The molecule has 0 bridgehead atoms. The maximum atomic E-state index is 6.61. The van der Waals surface area contributed by atoms with E-state index in [2.05, 4.69) is 112 Å². The van der Waals surface area contributed by atoms with Crippen molar-refractivity contribution < 1.29 is 4.42 Å². The van der Waals surface area contributed by atoms with Gasteiger partial charge in [-0.2, -0.15) is 5.10 Å². The predicted octanol–water partition coefficient (Wildman–Crippen LogP) is 9.80. The van der Waals surface area contributed by atoms with Gasteiger partial charge >= 0.3 is 0 Å². The molecular weight excluding hydrogens is 528 g/mol. The summed E-state index contributed by atoms with van der Waals surface area (Å²) in [6, 6.07) is 48.3. The molecule has 0 aliphatic heterocycles. The van der Waals surface area contributed by atoms with Crippen molar-refractivity contribution in [2.45, 2.75) is 0 Å². The van der Waals surface area contributed by atoms with Gasteiger partial charge in [-0.25, -0.2) is 4.98 Å². The number of para-hydroxylation sites is 3. The molecule has 6 aromatic carbocycles. The summed E-state index contributed by atoms with van der Waals surface area (Å²) >= 11 is 0. The lowest BCUT2D eigenvalue weighted by Gasteiger charge is -2.07. The Morgan fingerprint density at radius 3 is 1.98 bits per heavy atom. The third kappa shape index (κ3) is 3.65. The highest BCUT2D eigenvalue weighted by molar-refractivity contribution is 6.11. The second-order valence-corrected chi connectivity index (χ2v) is 10.8. The Morgan fingerprint density at radius 2 is 1.19 bits per heavy atom. The van der Waals surface area contributed by atoms with Gasteiger partial charge in [-0.3, -0.25) is 5.10 Å². The highest BCUT2D eigenvalue weighted by Crippen LogP contribution is 2.38. The van der Waals surface area contributed by atoms with Crippen molar-refractivity contribution in [2.24, 2.45) is 0 Å². The number of aromatic amines is 1. The van der Waals surface area contributed by atoms with Gasteiger partial charge in [0.25, 0.3) is 0 Å². The van der Waals surface area contributed by atoms with Crippen LogP contribution in [0, 0.1) is 0 Å². The zero-order chi connectivity index (χ0) is 28.3. The molecule has 0 atom stereocenters. The molecule has 3 heterocycles. The van der Waals surface area contributed by atoms with E-state index in [1.54, 1.807) is 0 Å². The summed E-state index contributed by atoms with van der Waals surface area (Å²) < 4.78 is 8.92. The second-order valence-electron chi connectivity index (χ2n) is 10.8. The number of nitrogens with one attached hydrogen (secondary N) is 1. The molecule has 0 saturated carbocycles. The number of furan rings is 1. The van der Waals surface area contributed by atoms with Gasteiger partial charge in [0.05, 0.1) is 16.6 Å². The quantitative estimate of drug-likeness (QED) is 0.236. The molecule has 0 spiro atoms. The van der Waals surface area contributed by atoms with Crippen LogP contribution < -0.4 is 0 Å². The lowest BCUT2D eigenvalue weighted by molar-refractivity contribution is 0.669. The molecule has 0 aliphatic rings. The molecule has 0 amide bonds. The van der Waals surface area contributed by atoms with Crippen LogP contribution in [0.1, 0.15) is 0 Å². The lowest BCUT2D eigenvalue weighted by Crippen LogP contribution is -1.93. The van der Waals surface area contributed by atoms with Crippen LogP contribution in [-0.2, 0) is 0 Å². The molecule has 0 fully saturated rings. The molecule has 43 heavy (non-hydrogen) atoms. The van der Waals surface area contributed by atoms with E-state index in [9.17, 15) is 0 Å². The Morgan fingerprint density at radius 1 is 0.535 bits per heavy atom. The van der Waals surface area contributed by atoms with E-state index < -0.39 is 0 Å². The van der Waals surface area contributed by atoms with E-state index in [4.69, 9.17) is 9.40 Å². The fourth-order valence-corrected chi connectivity index (χ4v) is 6.36. The summed E-state index contributed by atoms with van der Waals surface area (Å²) in [6.07, 6.45) is 0. The van der Waals surface area contributed by atoms with E-state index in [1.165, 1.54) is 21.8 Å². The Hall–Kier alpha value is -5.94. The van der Waals surface area contributed by atoms with Crippen LogP contribution in [-0.4, -0.2) is 19.7 Å². The first kappa shape index (κ1) is 23.7. The molecule has 9 rings (SSSR count). The Labute approximate surface area is 246 Å². The summed E-state index contributed by atoms with van der Waals surface area (Å²) in [7, 11) is 0. The summed E-state index contributed by atoms with van der Waals surface area (Å²) in [5.74, 6) is 1.32. The van der Waals surface area contributed by atoms with E-state index in [0.717, 1.165) is 49.9 Å². The van der Waals surface area contributed by atoms with Crippen LogP contribution in [0.3, 0.4) is 0 Å². The van der Waals surface area contributed by atoms with Crippen molar-refractivity contribution in [2.75, 3.05) is 0 Å². The molecule has 5 nitrogen and oxygen atoms in total. The van der Waals surface area contributed by atoms with Crippen LogP contribution in [0.15, 0.2) is 144 Å². The fraction of sp³-hybridized carbons (Fsp3) is 0. The summed E-state index contributed by atoms with van der Waals surface area (Å²) in [6.45, 7) is 0. The van der Waals surface area contributed by atoms with E-state index >= 15 is 0 Å². The minimum absolute atomic E-state index is 0.649. The first-order chi connectivity index (χ1) is 21.3. The van der Waals surface area contributed by atoms with Gasteiger partial charge in [-0.05, 0) is 41.5 Å². The third-order valence-electron chi connectivity index (χ3n) is 8.31. The zero-order valence-corrected chi connectivity index (χ0v) is 23.0. The lowest BCUT2D eigenvalue weighted by atomic mass is 9.99. The molecule has 0 saturated heterocycles. The van der Waals surface area contributed by atoms with Gasteiger partial charge in [0.15, 0.2) is 11.6 Å². The minimum Gasteiger partial charge on any atom is -0.455 e. The maximum Gasteiger partial charge on any atom is 0.182 e. The number of H-pyrrole nitrogens is 1.